The molecule has 0 radical (unpaired) electrons. The van der Waals surface area contributed by atoms with Gasteiger partial charge >= 0.3 is 23.5 Å². The van der Waals surface area contributed by atoms with Crippen molar-refractivity contribution in [2.75, 3.05) is 68.6 Å². The highest BCUT2D eigenvalue weighted by molar-refractivity contribution is 7.86. The number of carbonyl (C=O) groups excluding carboxylic acids is 2. The van der Waals surface area contributed by atoms with Gasteiger partial charge in [-0.25, -0.2) is 31.7 Å². The minimum atomic E-state index is -5.88. The van der Waals surface area contributed by atoms with Gasteiger partial charge in [0.2, 0.25) is 17.2 Å². The number of H-pyrrole nitrogens is 1. The molecule has 5 aromatic rings. The molecule has 0 bridgehead atoms. The maximum Gasteiger partial charge on any atom is 0.490 e. The Bertz CT molecular complexity index is 4480. The van der Waals surface area contributed by atoms with Crippen LogP contribution < -0.4 is 41.4 Å². The number of aliphatic hydroxyl groups excluding tert-OH is 2. The number of nitrogens with zero attached hydrogens (tertiary/aromatic N) is 6. The van der Waals surface area contributed by atoms with Gasteiger partial charge in [0.1, 0.15) is 42.1 Å². The predicted molar refractivity (Wildman–Crippen MR) is 340 cm³/mol. The molecule has 94 heavy (non-hydrogen) atoms. The molecular formula is C57H74N9O23P3S2. The summed E-state index contributed by atoms with van der Waals surface area (Å²) in [5.74, 6) is -1.84. The summed E-state index contributed by atoms with van der Waals surface area (Å²) in [5.41, 5.74) is 6.80. The first kappa shape index (κ1) is 71.9. The highest BCUT2D eigenvalue weighted by atomic mass is 32.2. The molecule has 4 aliphatic heterocycles. The van der Waals surface area contributed by atoms with Crippen molar-refractivity contribution in [3.05, 3.63) is 116 Å². The van der Waals surface area contributed by atoms with Crippen molar-refractivity contribution < 1.29 is 101 Å². The monoisotopic (exact) mass is 1410 g/mol. The Morgan fingerprint density at radius 3 is 2.22 bits per heavy atom. The first-order valence-electron chi connectivity index (χ1n) is 29.7. The molecule has 2 aromatic heterocycles. The number of benzene rings is 3. The fourth-order valence-electron chi connectivity index (χ4n) is 12.2. The van der Waals surface area contributed by atoms with Crippen molar-refractivity contribution in [3.63, 3.8) is 0 Å². The van der Waals surface area contributed by atoms with Gasteiger partial charge in [-0.2, -0.15) is 22.0 Å². The Hall–Kier alpha value is -6.39. The van der Waals surface area contributed by atoms with Crippen molar-refractivity contribution in [2.24, 2.45) is 0 Å². The Morgan fingerprint density at radius 1 is 0.862 bits per heavy atom. The number of ether oxygens (including phenoxy) is 2. The lowest BCUT2D eigenvalue weighted by Gasteiger charge is -2.44. The Balaban J connectivity index is 0.795. The molecule has 3 unspecified atom stereocenters. The van der Waals surface area contributed by atoms with E-state index in [9.17, 15) is 78.9 Å². The summed E-state index contributed by atoms with van der Waals surface area (Å²) < 4.78 is 144. The number of hydrogen-bond donors (Lipinski definition) is 9. The number of likely N-dealkylation sites (N-methyl/N-ethyl adjacent to an activating group) is 2. The fourth-order valence-corrected chi connectivity index (χ4v) is 17.0. The van der Waals surface area contributed by atoms with Gasteiger partial charge in [-0.05, 0) is 87.9 Å². The number of unbranched alkanes of at least 4 members (excludes halogenated alkanes) is 3. The number of amides is 2. The Labute approximate surface area is 539 Å². The molecule has 512 valence electrons. The summed E-state index contributed by atoms with van der Waals surface area (Å²) in [6.07, 6.45) is -0.385. The number of nitrogens with two attached hydrogens (primary N) is 1. The first-order valence-corrected chi connectivity index (χ1v) is 37.3. The normalized spacial score (nSPS) is 20.9. The summed E-state index contributed by atoms with van der Waals surface area (Å²) in [4.78, 5) is 83.8. The second-order valence-corrected chi connectivity index (χ2v) is 31.4. The highest BCUT2D eigenvalue weighted by Crippen LogP contribution is 2.68. The number of imidazole rings is 1. The molecule has 0 saturated carbocycles. The molecule has 1 fully saturated rings. The number of fused-ring (bicyclic) bond motifs is 5. The van der Waals surface area contributed by atoms with Crippen molar-refractivity contribution >= 4 is 95.0 Å². The van der Waals surface area contributed by atoms with E-state index in [0.29, 0.717) is 93.5 Å². The van der Waals surface area contributed by atoms with Gasteiger partial charge in [0.05, 0.1) is 52.6 Å². The lowest BCUT2D eigenvalue weighted by Crippen LogP contribution is -2.50. The molecule has 10 N–H and O–H groups in total. The minimum absolute atomic E-state index is 0.0271. The molecule has 6 heterocycles. The van der Waals surface area contributed by atoms with E-state index >= 15 is 0 Å². The lowest BCUT2D eigenvalue weighted by atomic mass is 9.83. The zero-order valence-electron chi connectivity index (χ0n) is 52.1. The van der Waals surface area contributed by atoms with E-state index in [0.717, 1.165) is 10.9 Å². The molecule has 1 saturated heterocycles. The number of carbonyl (C=O) groups is 2. The van der Waals surface area contributed by atoms with Crippen LogP contribution in [0.15, 0.2) is 71.8 Å². The van der Waals surface area contributed by atoms with E-state index in [1.165, 1.54) is 4.90 Å². The number of nitrogens with one attached hydrogen (secondary N) is 2. The number of nitrogen functional groups attached to an aromatic ring is 1. The number of anilines is 2. The predicted octanol–water partition coefficient (Wildman–Crippen LogP) is 3.39. The van der Waals surface area contributed by atoms with Crippen LogP contribution >= 0.6 is 23.5 Å². The number of hydrogen-bond acceptors (Lipinski definition) is 23. The fraction of sp³-hybridized carbons (Fsp3) is 0.474. The third-order valence-corrected chi connectivity index (χ3v) is 21.8. The summed E-state index contributed by atoms with van der Waals surface area (Å²) in [6.45, 7) is 11.3. The maximum atomic E-state index is 14.8. The van der Waals surface area contributed by atoms with Gasteiger partial charge in [0.25, 0.3) is 21.6 Å². The van der Waals surface area contributed by atoms with E-state index in [4.69, 9.17) is 19.7 Å². The van der Waals surface area contributed by atoms with Gasteiger partial charge in [0, 0.05) is 86.2 Å². The molecule has 2 amide bonds. The SMILES string of the molecule is CCN1c2cc3c(cc2C(CS(=O)(=O)[O-])=CC1(C)C)C(c1ccccc1C(=O)N(C)CCCC(=O)NCCCCCCOP(=O)(O)OP(=O)(O)OP(=O)(O)OC[C@H]1O[C@@H](n2cnc4c(=O)[nH]c(N)nc42)[C@H](O)[C@@H]1O)=c1cc2c(cc1O3)=[N+](CC)C(C)(C)C=C2CS(=O)(=O)O. The lowest BCUT2D eigenvalue weighted by molar-refractivity contribution is -0.121. The van der Waals surface area contributed by atoms with Gasteiger partial charge in [0.15, 0.2) is 22.9 Å². The van der Waals surface area contributed by atoms with Crippen LogP contribution in [-0.4, -0.2) is 174 Å². The largest absolute Gasteiger partial charge is 0.748 e. The van der Waals surface area contributed by atoms with Crippen LogP contribution in [0, 0.1) is 0 Å². The Kier molecular flexibility index (Phi) is 21.1. The first-order chi connectivity index (χ1) is 43.8. The third-order valence-electron chi connectivity index (χ3n) is 16.2. The number of phosphoric ester groups is 2. The van der Waals surface area contributed by atoms with Crippen LogP contribution in [0.25, 0.3) is 27.9 Å². The van der Waals surface area contributed by atoms with E-state index in [1.807, 2.05) is 47.6 Å². The zero-order chi connectivity index (χ0) is 68.8. The van der Waals surface area contributed by atoms with Gasteiger partial charge < -0.3 is 59.8 Å². The van der Waals surface area contributed by atoms with Crippen LogP contribution in [0.5, 0.6) is 11.5 Å². The zero-order valence-corrected chi connectivity index (χ0v) is 56.4. The summed E-state index contributed by atoms with van der Waals surface area (Å²) in [6, 6.07) is 13.9. The molecule has 3 aromatic carbocycles. The Morgan fingerprint density at radius 2 is 1.54 bits per heavy atom. The van der Waals surface area contributed by atoms with Crippen molar-refractivity contribution in [1.29, 1.82) is 0 Å². The number of aromatic amines is 1. The average Bonchev–Trinajstić information content (AvgIpc) is 0.920. The molecular weight excluding hydrogens is 1340 g/mol. The summed E-state index contributed by atoms with van der Waals surface area (Å²) in [5, 5.41) is 25.1. The second-order valence-electron chi connectivity index (χ2n) is 23.9. The standard InChI is InChI=1S/C57H74N9O23P3S2/c1-8-65-41-25-43-39(23-37(41)33(27-56(65,3)4)30-93(78,79)80)47(40-24-38-34(31-94(81,82)83)28-57(5,6)66(9-2)42(38)26-44(40)86-43)35-17-12-13-18-36(35)53(71)63(7)21-16-19-46(67)59-20-14-10-11-15-22-84-90(72,73)88-92(76,77)89-91(74,75)85-29-45-49(68)50(69)54(87-45)64-32-60-48-51(64)61-55(58)62-52(48)70/h12-13,17-18,23-28,32,45,49-50,54,68-69H,8-11,14-16,19-22,29-31H2,1-7H3,(H8-,58,59,61,62,67,70,72,73,74,75,76,77,78,79,80,81,82,83)/t45-,49-,50-,54-/m1/s1. The van der Waals surface area contributed by atoms with Crippen molar-refractivity contribution in [3.8, 4) is 11.5 Å². The second kappa shape index (κ2) is 27.6. The quantitative estimate of drug-likeness (QED) is 0.0147. The van der Waals surface area contributed by atoms with E-state index in [1.54, 1.807) is 61.7 Å². The van der Waals surface area contributed by atoms with E-state index < -0.39 is 116 Å². The van der Waals surface area contributed by atoms with Crippen LogP contribution in [0.2, 0.25) is 0 Å². The third kappa shape index (κ3) is 16.3. The summed E-state index contributed by atoms with van der Waals surface area (Å²) >= 11 is 0. The van der Waals surface area contributed by atoms with E-state index in [-0.39, 0.29) is 66.5 Å². The minimum Gasteiger partial charge on any atom is -0.748 e. The maximum absolute atomic E-state index is 14.8. The topological polar surface area (TPSA) is 465 Å². The van der Waals surface area contributed by atoms with Gasteiger partial charge in [-0.15, -0.1) is 0 Å². The molecule has 37 heteroatoms. The summed E-state index contributed by atoms with van der Waals surface area (Å²) in [7, 11) is -24.7. The molecule has 7 atom stereocenters. The average molecular weight is 1410 g/mol. The molecule has 9 rings (SSSR count). The van der Waals surface area contributed by atoms with Crippen LogP contribution in [-0.2, 0) is 61.1 Å². The molecule has 0 aliphatic carbocycles. The number of aromatic nitrogens is 4. The van der Waals surface area contributed by atoms with Crippen LogP contribution in [0.4, 0.5) is 11.6 Å². The molecule has 4 aliphatic rings. The van der Waals surface area contributed by atoms with Crippen molar-refractivity contribution in [2.45, 2.75) is 116 Å². The number of rotatable bonds is 28. The van der Waals surface area contributed by atoms with Crippen LogP contribution in [0.3, 0.4) is 0 Å². The van der Waals surface area contributed by atoms with E-state index in [2.05, 4.69) is 42.9 Å². The molecule has 32 nitrogen and oxygen atoms in total. The smallest absolute Gasteiger partial charge is 0.490 e. The number of aliphatic hydroxyl groups is 2. The highest BCUT2D eigenvalue weighted by Gasteiger charge is 2.48. The number of phosphoric acid groups is 3. The van der Waals surface area contributed by atoms with Crippen molar-refractivity contribution in [1.82, 2.24) is 34.3 Å². The van der Waals surface area contributed by atoms with Crippen LogP contribution in [0.1, 0.15) is 119 Å². The van der Waals surface area contributed by atoms with Gasteiger partial charge in [-0.3, -0.25) is 37.5 Å². The molecule has 0 spiro atoms. The van der Waals surface area contributed by atoms with Gasteiger partial charge in [-0.1, -0.05) is 37.1 Å².